The van der Waals surface area contributed by atoms with Crippen molar-refractivity contribution in [2.24, 2.45) is 4.99 Å². The summed E-state index contributed by atoms with van der Waals surface area (Å²) in [6.07, 6.45) is 4.60. The van der Waals surface area contributed by atoms with Crippen LogP contribution in [0.3, 0.4) is 0 Å². The van der Waals surface area contributed by atoms with Crippen LogP contribution in [0.25, 0.3) is 17.2 Å². The monoisotopic (exact) mass is 568 g/mol. The fourth-order valence-electron chi connectivity index (χ4n) is 5.05. The van der Waals surface area contributed by atoms with Gasteiger partial charge in [0.05, 0.1) is 11.4 Å². The lowest BCUT2D eigenvalue weighted by Crippen LogP contribution is -1.99. The van der Waals surface area contributed by atoms with E-state index in [9.17, 15) is 0 Å². The highest BCUT2D eigenvalue weighted by Crippen LogP contribution is 2.36. The Bertz CT molecular complexity index is 1500. The molecule has 4 aromatic carbocycles. The molecule has 0 bridgehead atoms. The van der Waals surface area contributed by atoms with Crippen molar-refractivity contribution in [2.75, 3.05) is 5.73 Å². The smallest absolute Gasteiger partial charge is 0.0926 e. The molecule has 4 rings (SSSR count). The van der Waals surface area contributed by atoms with Gasteiger partial charge in [-0.1, -0.05) is 120 Å². The Labute approximate surface area is 261 Å². The summed E-state index contributed by atoms with van der Waals surface area (Å²) < 4.78 is 0. The van der Waals surface area contributed by atoms with Crippen molar-refractivity contribution < 1.29 is 0 Å². The Kier molecular flexibility index (Phi) is 14.0. The molecular weight excluding hydrogens is 520 g/mol. The van der Waals surface area contributed by atoms with E-state index in [4.69, 9.17) is 5.73 Å². The van der Waals surface area contributed by atoms with Gasteiger partial charge in [-0.15, -0.1) is 0 Å². The van der Waals surface area contributed by atoms with Gasteiger partial charge in [-0.05, 0) is 103 Å². The van der Waals surface area contributed by atoms with Crippen molar-refractivity contribution in [1.82, 2.24) is 0 Å². The molecule has 0 saturated heterocycles. The standard InChI is InChI=1S/C37H36N2.2C2H6/c1-7-30-23-24-32(36(38)37(30)39-6)16-12-15-29-19-21-31(22-20-29)27(4)28(5)35(33-17-10-8-13-25(33)2)34-18-11-9-14-26(34)3;2*1-2/h7-10,13-14,17,19-24H,1,4,6,12,15-16,38H2,2-3,5H3;2*1-2H3/b35-28+;;. The Morgan fingerprint density at radius 1 is 0.884 bits per heavy atom. The molecule has 0 atom stereocenters. The molecule has 0 aromatic heterocycles. The second-order valence-corrected chi connectivity index (χ2v) is 9.94. The van der Waals surface area contributed by atoms with Crippen LogP contribution in [0.4, 0.5) is 11.4 Å². The first-order valence-electron chi connectivity index (χ1n) is 15.3. The number of benzene rings is 3. The van der Waals surface area contributed by atoms with E-state index in [0.717, 1.165) is 63.9 Å². The van der Waals surface area contributed by atoms with Gasteiger partial charge in [0, 0.05) is 16.7 Å². The summed E-state index contributed by atoms with van der Waals surface area (Å²) in [5.74, 6) is 0. The van der Waals surface area contributed by atoms with Crippen LogP contribution >= 0.6 is 0 Å². The third-order valence-electron chi connectivity index (χ3n) is 7.43. The lowest BCUT2D eigenvalue weighted by molar-refractivity contribution is 0.822. The summed E-state index contributed by atoms with van der Waals surface area (Å²) in [4.78, 5) is 4.11. The van der Waals surface area contributed by atoms with Gasteiger partial charge in [-0.25, -0.2) is 0 Å². The van der Waals surface area contributed by atoms with E-state index in [2.05, 4.69) is 118 Å². The molecule has 0 radical (unpaired) electrons. The number of hydrogen-bond donors (Lipinski definition) is 1. The molecule has 0 heterocycles. The van der Waals surface area contributed by atoms with E-state index in [0.29, 0.717) is 5.69 Å². The summed E-state index contributed by atoms with van der Waals surface area (Å²) in [5, 5.41) is 0. The minimum absolute atomic E-state index is 0.698. The topological polar surface area (TPSA) is 38.4 Å². The van der Waals surface area contributed by atoms with Gasteiger partial charge in [-0.2, -0.15) is 0 Å². The van der Waals surface area contributed by atoms with E-state index < -0.39 is 0 Å². The highest BCUT2D eigenvalue weighted by atomic mass is 14.8. The van der Waals surface area contributed by atoms with Crippen LogP contribution < -0.4 is 5.73 Å². The number of nitrogens with zero attached hydrogens (tertiary/aromatic N) is 1. The van der Waals surface area contributed by atoms with Crippen LogP contribution in [-0.4, -0.2) is 6.72 Å². The molecule has 222 valence electrons. The van der Waals surface area contributed by atoms with Crippen LogP contribution in [0.2, 0.25) is 0 Å². The van der Waals surface area contributed by atoms with Crippen molar-refractivity contribution >= 4 is 35.3 Å². The highest BCUT2D eigenvalue weighted by Gasteiger charge is 2.16. The molecule has 0 saturated carbocycles. The number of anilines is 1. The number of nitrogens with two attached hydrogens (primary N) is 1. The van der Waals surface area contributed by atoms with Gasteiger partial charge in [0.2, 0.25) is 0 Å². The fourth-order valence-corrected chi connectivity index (χ4v) is 5.05. The Balaban J connectivity index is 0.00000155. The zero-order valence-corrected chi connectivity index (χ0v) is 27.3. The van der Waals surface area contributed by atoms with E-state index >= 15 is 0 Å². The zero-order valence-electron chi connectivity index (χ0n) is 27.3. The maximum atomic E-state index is 6.36. The molecule has 4 aromatic rings. The molecule has 0 aliphatic carbocycles. The van der Waals surface area contributed by atoms with Crippen LogP contribution in [0.5, 0.6) is 0 Å². The van der Waals surface area contributed by atoms with Gasteiger partial charge in [-0.3, -0.25) is 4.99 Å². The predicted molar refractivity (Wildman–Crippen MR) is 192 cm³/mol. The van der Waals surface area contributed by atoms with Crippen LogP contribution in [0, 0.1) is 26.0 Å². The number of rotatable bonds is 10. The molecule has 0 aliphatic heterocycles. The maximum Gasteiger partial charge on any atom is 0.0926 e. The third-order valence-corrected chi connectivity index (χ3v) is 7.43. The average molecular weight is 569 g/mol. The molecule has 43 heavy (non-hydrogen) atoms. The van der Waals surface area contributed by atoms with Crippen molar-refractivity contribution in [3.05, 3.63) is 148 Å². The summed E-state index contributed by atoms with van der Waals surface area (Å²) >= 11 is 0. The van der Waals surface area contributed by atoms with Crippen molar-refractivity contribution in [2.45, 2.75) is 67.7 Å². The van der Waals surface area contributed by atoms with Crippen molar-refractivity contribution in [3.63, 3.8) is 0 Å². The number of nitrogen functional groups attached to an aromatic ring is 1. The SMILES string of the molecule is C=Cc1ccc(CCCc2ccc(C(=C)/C(C)=C(/c3c#cccc3C)c3ccccc3C)cc2)c(N)c1N=C.CC.CC. The van der Waals surface area contributed by atoms with Crippen LogP contribution in [0.15, 0.2) is 96.5 Å². The Morgan fingerprint density at radius 2 is 1.56 bits per heavy atom. The maximum absolute atomic E-state index is 6.36. The lowest BCUT2D eigenvalue weighted by Gasteiger charge is -2.18. The molecule has 0 spiro atoms. The molecule has 2 N–H and O–H groups in total. The first-order valence-corrected chi connectivity index (χ1v) is 15.3. The lowest BCUT2D eigenvalue weighted by atomic mass is 9.85. The summed E-state index contributed by atoms with van der Waals surface area (Å²) in [7, 11) is 0. The summed E-state index contributed by atoms with van der Waals surface area (Å²) in [6.45, 7) is 26.4. The average Bonchev–Trinajstić information content (AvgIpc) is 3.05. The molecular formula is C41H48N2. The van der Waals surface area contributed by atoms with Gasteiger partial charge in [0.1, 0.15) is 0 Å². The quantitative estimate of drug-likeness (QED) is 0.115. The first kappa shape index (κ1) is 34.6. The Hall–Kier alpha value is -4.61. The Morgan fingerprint density at radius 3 is 2.16 bits per heavy atom. The van der Waals surface area contributed by atoms with Crippen molar-refractivity contribution in [1.29, 1.82) is 0 Å². The molecule has 0 fully saturated rings. The van der Waals surface area contributed by atoms with E-state index in [1.54, 1.807) is 6.08 Å². The van der Waals surface area contributed by atoms with Crippen molar-refractivity contribution in [3.8, 4) is 0 Å². The minimum Gasteiger partial charge on any atom is -0.397 e. The van der Waals surface area contributed by atoms with E-state index in [1.165, 1.54) is 22.3 Å². The van der Waals surface area contributed by atoms with Gasteiger partial charge in [0.15, 0.2) is 0 Å². The fraction of sp³-hybridized carbons (Fsp3) is 0.244. The number of aryl methyl sites for hydroxylation is 4. The zero-order chi connectivity index (χ0) is 31.9. The van der Waals surface area contributed by atoms with Crippen LogP contribution in [-0.2, 0) is 12.8 Å². The second kappa shape index (κ2) is 17.4. The largest absolute Gasteiger partial charge is 0.397 e. The number of hydrogen-bond acceptors (Lipinski definition) is 2. The minimum atomic E-state index is 0.698. The van der Waals surface area contributed by atoms with Gasteiger partial charge >= 0.3 is 0 Å². The van der Waals surface area contributed by atoms with Gasteiger partial charge in [0.25, 0.3) is 0 Å². The number of allylic oxidation sites excluding steroid dienone is 2. The second-order valence-electron chi connectivity index (χ2n) is 9.94. The first-order chi connectivity index (χ1) is 20.8. The summed E-state index contributed by atoms with van der Waals surface area (Å²) in [6, 6.07) is 31.9. The van der Waals surface area contributed by atoms with E-state index in [1.807, 2.05) is 39.8 Å². The normalized spacial score (nSPS) is 10.6. The molecule has 0 amide bonds. The van der Waals surface area contributed by atoms with Gasteiger partial charge < -0.3 is 5.73 Å². The molecule has 2 nitrogen and oxygen atoms in total. The summed E-state index contributed by atoms with van der Waals surface area (Å²) in [5.41, 5.74) is 20.2. The van der Waals surface area contributed by atoms with Crippen LogP contribution in [0.1, 0.15) is 85.5 Å². The predicted octanol–water partition coefficient (Wildman–Crippen LogP) is 11.2. The number of aliphatic imine (C=N–C) groups is 1. The molecule has 0 unspecified atom stereocenters. The third kappa shape index (κ3) is 8.46. The highest BCUT2D eigenvalue weighted by molar-refractivity contribution is 5.94. The van der Waals surface area contributed by atoms with E-state index in [-0.39, 0.29) is 0 Å². The molecule has 2 heteroatoms. The molecule has 0 aliphatic rings.